The van der Waals surface area contributed by atoms with Gasteiger partial charge in [-0.2, -0.15) is 10.4 Å². The van der Waals surface area contributed by atoms with Crippen LogP contribution in [-0.4, -0.2) is 45.4 Å². The maximum absolute atomic E-state index is 13.0. The Bertz CT molecular complexity index is 1330. The fraction of sp³-hybridized carbons (Fsp3) is 0.320. The van der Waals surface area contributed by atoms with Gasteiger partial charge in [-0.15, -0.1) is 0 Å². The third kappa shape index (κ3) is 3.99. The van der Waals surface area contributed by atoms with Gasteiger partial charge in [0, 0.05) is 37.5 Å². The summed E-state index contributed by atoms with van der Waals surface area (Å²) in [4.78, 5) is 30.4. The summed E-state index contributed by atoms with van der Waals surface area (Å²) in [5, 5.41) is 15.7. The molecule has 4 rings (SSSR count). The maximum atomic E-state index is 13.0. The summed E-state index contributed by atoms with van der Waals surface area (Å²) in [6.45, 7) is 7.03. The van der Waals surface area contributed by atoms with Crippen molar-refractivity contribution in [1.82, 2.24) is 14.3 Å². The lowest BCUT2D eigenvalue weighted by Gasteiger charge is -2.32. The number of hydrogen-bond acceptors (Lipinski definition) is 6. The number of benzene rings is 1. The topological polar surface area (TPSA) is 120 Å². The third-order valence-electron chi connectivity index (χ3n) is 6.22. The van der Waals surface area contributed by atoms with E-state index in [4.69, 9.17) is 5.73 Å². The number of nitrogens with two attached hydrogens (primary N) is 1. The van der Waals surface area contributed by atoms with Crippen molar-refractivity contribution in [2.24, 2.45) is 10.8 Å². The maximum Gasteiger partial charge on any atom is 0.254 e. The Labute approximate surface area is 198 Å². The largest absolute Gasteiger partial charge is 0.370 e. The normalized spacial score (nSPS) is 14.5. The molecule has 34 heavy (non-hydrogen) atoms. The van der Waals surface area contributed by atoms with E-state index in [1.165, 1.54) is 0 Å². The number of hydrazone groups is 1. The first-order valence-corrected chi connectivity index (χ1v) is 11.2. The van der Waals surface area contributed by atoms with Gasteiger partial charge in [0.2, 0.25) is 5.91 Å². The van der Waals surface area contributed by atoms with Crippen molar-refractivity contribution in [3.05, 3.63) is 65.1 Å². The molecule has 1 aliphatic heterocycles. The number of carbonyl (C=O) groups is 2. The second kappa shape index (κ2) is 8.98. The summed E-state index contributed by atoms with van der Waals surface area (Å²) < 4.78 is 1.79. The van der Waals surface area contributed by atoms with Gasteiger partial charge in [0.15, 0.2) is 5.82 Å². The van der Waals surface area contributed by atoms with Crippen LogP contribution in [0.4, 0.5) is 5.82 Å². The van der Waals surface area contributed by atoms with Gasteiger partial charge in [-0.25, -0.2) is 9.99 Å². The molecule has 0 bridgehead atoms. The second-order valence-electron chi connectivity index (χ2n) is 8.69. The van der Waals surface area contributed by atoms with Gasteiger partial charge in [0.25, 0.3) is 5.91 Å². The third-order valence-corrected chi connectivity index (χ3v) is 6.22. The molecular formula is C25H27N7O2. The lowest BCUT2D eigenvalue weighted by Crippen LogP contribution is -2.40. The van der Waals surface area contributed by atoms with Crippen molar-refractivity contribution in [1.29, 1.82) is 5.26 Å². The fourth-order valence-corrected chi connectivity index (χ4v) is 4.41. The highest BCUT2D eigenvalue weighted by Gasteiger charge is 2.42. The SMILES string of the molecule is CCN(/N=C/c1ccc2c(c1)C(C)(C)N(CCCC(N)=O)C2=O)c1nccn2c(C#N)ccc12. The van der Waals surface area contributed by atoms with Crippen LogP contribution in [-0.2, 0) is 10.3 Å². The number of rotatable bonds is 8. The average Bonchev–Trinajstić information content (AvgIpc) is 3.32. The molecule has 0 atom stereocenters. The Morgan fingerprint density at radius 3 is 2.82 bits per heavy atom. The molecule has 0 aliphatic carbocycles. The van der Waals surface area contributed by atoms with E-state index in [0.29, 0.717) is 36.6 Å². The smallest absolute Gasteiger partial charge is 0.254 e. The van der Waals surface area contributed by atoms with Crippen LogP contribution in [0.5, 0.6) is 0 Å². The Balaban J connectivity index is 1.60. The summed E-state index contributed by atoms with van der Waals surface area (Å²) in [7, 11) is 0. The number of nitrogens with zero attached hydrogens (tertiary/aromatic N) is 6. The predicted octanol–water partition coefficient (Wildman–Crippen LogP) is 3.02. The second-order valence-corrected chi connectivity index (χ2v) is 8.69. The molecule has 0 saturated carbocycles. The molecule has 2 amide bonds. The van der Waals surface area contributed by atoms with E-state index < -0.39 is 5.54 Å². The number of amides is 2. The first kappa shape index (κ1) is 23.0. The molecule has 9 nitrogen and oxygen atoms in total. The Morgan fingerprint density at radius 1 is 1.32 bits per heavy atom. The fourth-order valence-electron chi connectivity index (χ4n) is 4.41. The summed E-state index contributed by atoms with van der Waals surface area (Å²) in [6, 6.07) is 11.5. The molecule has 2 N–H and O–H groups in total. The van der Waals surface area contributed by atoms with Crippen molar-refractivity contribution in [3.63, 3.8) is 0 Å². The molecule has 0 unspecified atom stereocenters. The minimum Gasteiger partial charge on any atom is -0.370 e. The molecule has 1 aliphatic rings. The number of anilines is 1. The van der Waals surface area contributed by atoms with Crippen molar-refractivity contribution >= 4 is 29.4 Å². The molecule has 0 spiro atoms. The average molecular weight is 458 g/mol. The first-order valence-electron chi connectivity index (χ1n) is 11.2. The number of nitriles is 1. The highest BCUT2D eigenvalue weighted by atomic mass is 16.2. The zero-order valence-electron chi connectivity index (χ0n) is 19.5. The minimum absolute atomic E-state index is 0.0412. The molecular weight excluding hydrogens is 430 g/mol. The van der Waals surface area contributed by atoms with E-state index in [9.17, 15) is 14.9 Å². The van der Waals surface area contributed by atoms with Gasteiger partial charge in [0.1, 0.15) is 11.8 Å². The molecule has 3 aromatic rings. The number of carbonyl (C=O) groups excluding carboxylic acids is 2. The van der Waals surface area contributed by atoms with Crippen LogP contribution in [0.25, 0.3) is 5.52 Å². The van der Waals surface area contributed by atoms with Crippen LogP contribution >= 0.6 is 0 Å². The van der Waals surface area contributed by atoms with Crippen LogP contribution in [0, 0.1) is 11.3 Å². The van der Waals surface area contributed by atoms with E-state index in [0.717, 1.165) is 16.6 Å². The predicted molar refractivity (Wildman–Crippen MR) is 129 cm³/mol. The van der Waals surface area contributed by atoms with Gasteiger partial charge in [-0.3, -0.25) is 9.59 Å². The zero-order valence-corrected chi connectivity index (χ0v) is 19.5. The molecule has 0 radical (unpaired) electrons. The minimum atomic E-state index is -0.509. The number of aromatic nitrogens is 2. The van der Waals surface area contributed by atoms with Crippen LogP contribution < -0.4 is 10.7 Å². The van der Waals surface area contributed by atoms with E-state index in [2.05, 4.69) is 16.2 Å². The van der Waals surface area contributed by atoms with Crippen LogP contribution in [0.1, 0.15) is 60.8 Å². The van der Waals surface area contributed by atoms with Crippen molar-refractivity contribution in [2.45, 2.75) is 39.2 Å². The number of primary amides is 1. The van der Waals surface area contributed by atoms with Gasteiger partial charge in [-0.05, 0) is 62.6 Å². The zero-order chi connectivity index (χ0) is 24.5. The molecule has 9 heteroatoms. The van der Waals surface area contributed by atoms with Crippen LogP contribution in [0.2, 0.25) is 0 Å². The Hall–Kier alpha value is -4.19. The summed E-state index contributed by atoms with van der Waals surface area (Å²) in [6.07, 6.45) is 5.93. The first-order chi connectivity index (χ1) is 16.3. The number of hydrogen-bond donors (Lipinski definition) is 1. The van der Waals surface area contributed by atoms with E-state index in [-0.39, 0.29) is 18.2 Å². The summed E-state index contributed by atoms with van der Waals surface area (Å²) in [5.74, 6) is 0.246. The molecule has 0 fully saturated rings. The quantitative estimate of drug-likeness (QED) is 0.412. The van der Waals surface area contributed by atoms with Gasteiger partial charge in [-0.1, -0.05) is 6.07 Å². The molecule has 2 aromatic heterocycles. The highest BCUT2D eigenvalue weighted by molar-refractivity contribution is 6.01. The summed E-state index contributed by atoms with van der Waals surface area (Å²) >= 11 is 0. The van der Waals surface area contributed by atoms with Crippen LogP contribution in [0.3, 0.4) is 0 Å². The van der Waals surface area contributed by atoms with Crippen molar-refractivity contribution in [3.8, 4) is 6.07 Å². The molecule has 3 heterocycles. The Morgan fingerprint density at radius 2 is 2.12 bits per heavy atom. The van der Waals surface area contributed by atoms with Gasteiger partial charge >= 0.3 is 0 Å². The van der Waals surface area contributed by atoms with Crippen molar-refractivity contribution < 1.29 is 9.59 Å². The lowest BCUT2D eigenvalue weighted by molar-refractivity contribution is -0.118. The van der Waals surface area contributed by atoms with E-state index in [1.807, 2.05) is 45.0 Å². The highest BCUT2D eigenvalue weighted by Crippen LogP contribution is 2.39. The Kier molecular flexibility index (Phi) is 6.07. The lowest BCUT2D eigenvalue weighted by atomic mass is 9.92. The standard InChI is InChI=1S/C25H27N7O2/c1-4-32(23-21-10-8-18(15-26)30(21)13-11-28-23)29-16-17-7-9-19-20(14-17)25(2,3)31(24(19)34)12-5-6-22(27)33/h7-11,13-14,16H,4-6,12H2,1-3H3,(H2,27,33)/b29-16+. The molecule has 1 aromatic carbocycles. The molecule has 174 valence electrons. The van der Waals surface area contributed by atoms with E-state index in [1.54, 1.807) is 39.0 Å². The van der Waals surface area contributed by atoms with Crippen molar-refractivity contribution in [2.75, 3.05) is 18.1 Å². The number of fused-ring (bicyclic) bond motifs is 2. The van der Waals surface area contributed by atoms with Gasteiger partial charge in [0.05, 0.1) is 17.3 Å². The monoisotopic (exact) mass is 457 g/mol. The van der Waals surface area contributed by atoms with E-state index >= 15 is 0 Å². The summed E-state index contributed by atoms with van der Waals surface area (Å²) in [5.41, 5.74) is 8.52. The van der Waals surface area contributed by atoms with Gasteiger partial charge < -0.3 is 15.0 Å². The molecule has 0 saturated heterocycles. The van der Waals surface area contributed by atoms with Crippen LogP contribution in [0.15, 0.2) is 47.8 Å².